The zero-order valence-electron chi connectivity index (χ0n) is 6.27. The smallest absolute Gasteiger partial charge is 0.131 e. The highest BCUT2D eigenvalue weighted by Gasteiger charge is 2.38. The molecule has 0 aliphatic heterocycles. The summed E-state index contributed by atoms with van der Waals surface area (Å²) in [5, 5.41) is 0. The van der Waals surface area contributed by atoms with Gasteiger partial charge in [0.1, 0.15) is 5.82 Å². The van der Waals surface area contributed by atoms with Crippen molar-refractivity contribution in [2.75, 3.05) is 6.54 Å². The molecule has 1 aliphatic rings. The second-order valence-electron chi connectivity index (χ2n) is 2.94. The standard InChI is InChI=1S/C8H11N3/c9-5-6-4-7(6)8-10-2-1-3-11-8/h1-3,6-7H,4-5,9H2. The summed E-state index contributed by atoms with van der Waals surface area (Å²) in [4.78, 5) is 8.34. The number of nitrogens with two attached hydrogens (primary N) is 1. The molecular formula is C8H11N3. The zero-order valence-corrected chi connectivity index (χ0v) is 6.27. The molecule has 2 atom stereocenters. The van der Waals surface area contributed by atoms with Crippen LogP contribution in [0.2, 0.25) is 0 Å². The molecule has 0 amide bonds. The Hall–Kier alpha value is -0.960. The normalized spacial score (nSPS) is 28.5. The summed E-state index contributed by atoms with van der Waals surface area (Å²) in [7, 11) is 0. The molecule has 58 valence electrons. The minimum absolute atomic E-state index is 0.543. The highest BCUT2D eigenvalue weighted by atomic mass is 14.9. The van der Waals surface area contributed by atoms with Gasteiger partial charge in [-0.1, -0.05) is 0 Å². The maximum atomic E-state index is 5.51. The van der Waals surface area contributed by atoms with Crippen molar-refractivity contribution >= 4 is 0 Å². The molecular weight excluding hydrogens is 138 g/mol. The monoisotopic (exact) mass is 149 g/mol. The first-order valence-corrected chi connectivity index (χ1v) is 3.89. The number of rotatable bonds is 2. The van der Waals surface area contributed by atoms with E-state index in [4.69, 9.17) is 5.73 Å². The third-order valence-electron chi connectivity index (χ3n) is 2.14. The highest BCUT2D eigenvalue weighted by molar-refractivity contribution is 5.09. The van der Waals surface area contributed by atoms with E-state index in [-0.39, 0.29) is 0 Å². The number of aromatic nitrogens is 2. The van der Waals surface area contributed by atoms with Crippen LogP contribution in [-0.2, 0) is 0 Å². The van der Waals surface area contributed by atoms with E-state index >= 15 is 0 Å². The molecule has 1 aliphatic carbocycles. The number of hydrogen-bond donors (Lipinski definition) is 1. The van der Waals surface area contributed by atoms with Crippen molar-refractivity contribution in [3.63, 3.8) is 0 Å². The quantitative estimate of drug-likeness (QED) is 0.667. The summed E-state index contributed by atoms with van der Waals surface area (Å²) in [6.07, 6.45) is 4.74. The van der Waals surface area contributed by atoms with E-state index < -0.39 is 0 Å². The summed E-state index contributed by atoms with van der Waals surface area (Å²) in [5.41, 5.74) is 5.51. The molecule has 1 aromatic rings. The van der Waals surface area contributed by atoms with Crippen molar-refractivity contribution in [3.8, 4) is 0 Å². The number of nitrogens with zero attached hydrogens (tertiary/aromatic N) is 2. The van der Waals surface area contributed by atoms with Crippen LogP contribution in [0.1, 0.15) is 18.2 Å². The van der Waals surface area contributed by atoms with Crippen LogP contribution in [0.25, 0.3) is 0 Å². The maximum Gasteiger partial charge on any atom is 0.131 e. The van der Waals surface area contributed by atoms with Gasteiger partial charge in [0.15, 0.2) is 0 Å². The minimum Gasteiger partial charge on any atom is -0.330 e. The van der Waals surface area contributed by atoms with E-state index in [9.17, 15) is 0 Å². The van der Waals surface area contributed by atoms with Gasteiger partial charge in [0.2, 0.25) is 0 Å². The topological polar surface area (TPSA) is 51.8 Å². The summed E-state index contributed by atoms with van der Waals surface area (Å²) < 4.78 is 0. The van der Waals surface area contributed by atoms with Gasteiger partial charge in [-0.25, -0.2) is 9.97 Å². The summed E-state index contributed by atoms with van der Waals surface area (Å²) in [6.45, 7) is 0.767. The second-order valence-corrected chi connectivity index (χ2v) is 2.94. The van der Waals surface area contributed by atoms with Crippen LogP contribution in [0, 0.1) is 5.92 Å². The van der Waals surface area contributed by atoms with E-state index in [1.54, 1.807) is 12.4 Å². The molecule has 2 rings (SSSR count). The van der Waals surface area contributed by atoms with Crippen LogP contribution >= 0.6 is 0 Å². The molecule has 11 heavy (non-hydrogen) atoms. The molecule has 0 saturated heterocycles. The van der Waals surface area contributed by atoms with Crippen LogP contribution in [0.15, 0.2) is 18.5 Å². The average molecular weight is 149 g/mol. The van der Waals surface area contributed by atoms with Gasteiger partial charge in [0, 0.05) is 18.3 Å². The van der Waals surface area contributed by atoms with E-state index in [0.717, 1.165) is 12.4 Å². The summed E-state index contributed by atoms with van der Waals surface area (Å²) >= 11 is 0. The van der Waals surface area contributed by atoms with Crippen LogP contribution < -0.4 is 5.73 Å². The average Bonchev–Trinajstić information content (AvgIpc) is 2.85. The molecule has 0 bridgehead atoms. The van der Waals surface area contributed by atoms with Crippen molar-refractivity contribution in [1.29, 1.82) is 0 Å². The lowest BCUT2D eigenvalue weighted by Crippen LogP contribution is -2.03. The van der Waals surface area contributed by atoms with Gasteiger partial charge in [0.05, 0.1) is 0 Å². The lowest BCUT2D eigenvalue weighted by Gasteiger charge is -1.94. The fraction of sp³-hybridized carbons (Fsp3) is 0.500. The predicted octanol–water partition coefficient (Wildman–Crippen LogP) is 0.539. The molecule has 1 saturated carbocycles. The fourth-order valence-corrected chi connectivity index (χ4v) is 1.33. The molecule has 2 N–H and O–H groups in total. The van der Waals surface area contributed by atoms with Gasteiger partial charge in [-0.05, 0) is 24.9 Å². The van der Waals surface area contributed by atoms with Gasteiger partial charge in [-0.15, -0.1) is 0 Å². The Morgan fingerprint density at radius 3 is 2.73 bits per heavy atom. The molecule has 0 aromatic carbocycles. The Bertz CT molecular complexity index is 234. The van der Waals surface area contributed by atoms with Gasteiger partial charge < -0.3 is 5.73 Å². The van der Waals surface area contributed by atoms with Crippen molar-refractivity contribution in [2.45, 2.75) is 12.3 Å². The Morgan fingerprint density at radius 1 is 1.45 bits per heavy atom. The lowest BCUT2D eigenvalue weighted by molar-refractivity contribution is 0.777. The zero-order chi connectivity index (χ0) is 7.68. The van der Waals surface area contributed by atoms with Gasteiger partial charge in [0.25, 0.3) is 0 Å². The Labute approximate surface area is 65.7 Å². The molecule has 0 spiro atoms. The highest BCUT2D eigenvalue weighted by Crippen LogP contribution is 2.44. The third-order valence-corrected chi connectivity index (χ3v) is 2.14. The van der Waals surface area contributed by atoms with Crippen molar-refractivity contribution in [2.24, 2.45) is 11.7 Å². The third kappa shape index (κ3) is 1.24. The van der Waals surface area contributed by atoms with Gasteiger partial charge in [-0.2, -0.15) is 0 Å². The Balaban J connectivity index is 2.09. The molecule has 1 heterocycles. The molecule has 2 unspecified atom stereocenters. The van der Waals surface area contributed by atoms with E-state index in [1.807, 2.05) is 6.07 Å². The fourth-order valence-electron chi connectivity index (χ4n) is 1.33. The van der Waals surface area contributed by atoms with Crippen molar-refractivity contribution < 1.29 is 0 Å². The Kier molecular flexibility index (Phi) is 1.58. The number of hydrogen-bond acceptors (Lipinski definition) is 3. The molecule has 1 fully saturated rings. The van der Waals surface area contributed by atoms with Crippen molar-refractivity contribution in [3.05, 3.63) is 24.3 Å². The second kappa shape index (κ2) is 2.58. The largest absolute Gasteiger partial charge is 0.330 e. The first-order chi connectivity index (χ1) is 5.42. The van der Waals surface area contributed by atoms with Crippen LogP contribution in [0.4, 0.5) is 0 Å². The summed E-state index contributed by atoms with van der Waals surface area (Å²) in [5.74, 6) is 2.14. The van der Waals surface area contributed by atoms with Crippen molar-refractivity contribution in [1.82, 2.24) is 9.97 Å². The van der Waals surface area contributed by atoms with E-state index in [2.05, 4.69) is 9.97 Å². The lowest BCUT2D eigenvalue weighted by atomic mass is 10.3. The van der Waals surface area contributed by atoms with Crippen LogP contribution in [0.3, 0.4) is 0 Å². The SMILES string of the molecule is NCC1CC1c1ncccn1. The van der Waals surface area contributed by atoms with Crippen LogP contribution in [-0.4, -0.2) is 16.5 Å². The molecule has 3 nitrogen and oxygen atoms in total. The first kappa shape index (κ1) is 6.73. The first-order valence-electron chi connectivity index (χ1n) is 3.89. The van der Waals surface area contributed by atoms with Gasteiger partial charge in [-0.3, -0.25) is 0 Å². The molecule has 0 radical (unpaired) electrons. The van der Waals surface area contributed by atoms with E-state index in [1.165, 1.54) is 6.42 Å². The minimum atomic E-state index is 0.543. The van der Waals surface area contributed by atoms with Crippen LogP contribution in [0.5, 0.6) is 0 Å². The molecule has 3 heteroatoms. The summed E-state index contributed by atoms with van der Waals surface area (Å²) in [6, 6.07) is 1.84. The maximum absolute atomic E-state index is 5.51. The molecule has 1 aromatic heterocycles. The van der Waals surface area contributed by atoms with Gasteiger partial charge >= 0.3 is 0 Å². The predicted molar refractivity (Wildman–Crippen MR) is 41.9 cm³/mol. The van der Waals surface area contributed by atoms with E-state index in [0.29, 0.717) is 11.8 Å². The Morgan fingerprint density at radius 2 is 2.18 bits per heavy atom.